The SMILES string of the molecule is CCCn1c(-c2cccc(-n3c4ccccc4c4c5c6ccccc6oc5c5c(c6ccccc6n5-c5ccccc5)c43)c2)nc2ccccc21. The highest BCUT2D eigenvalue weighted by molar-refractivity contribution is 6.39. The third-order valence-corrected chi connectivity index (χ3v) is 10.5. The van der Waals surface area contributed by atoms with Crippen molar-refractivity contribution >= 4 is 76.6 Å². The summed E-state index contributed by atoms with van der Waals surface area (Å²) >= 11 is 0. The van der Waals surface area contributed by atoms with E-state index in [0.29, 0.717) is 0 Å². The number of imidazole rings is 1. The minimum absolute atomic E-state index is 0.889. The summed E-state index contributed by atoms with van der Waals surface area (Å²) in [7, 11) is 0. The number of nitrogens with zero attached hydrogens (tertiary/aromatic N) is 4. The molecule has 0 saturated heterocycles. The molecule has 11 rings (SSSR count). The van der Waals surface area contributed by atoms with E-state index in [1.807, 2.05) is 0 Å². The van der Waals surface area contributed by atoms with Crippen LogP contribution in [0.4, 0.5) is 0 Å². The average molecular weight is 657 g/mol. The molecule has 5 heteroatoms. The van der Waals surface area contributed by atoms with E-state index >= 15 is 0 Å². The number of hydrogen-bond acceptors (Lipinski definition) is 2. The lowest BCUT2D eigenvalue weighted by Gasteiger charge is -2.13. The fourth-order valence-electron chi connectivity index (χ4n) is 8.53. The van der Waals surface area contributed by atoms with E-state index in [1.54, 1.807) is 0 Å². The lowest BCUT2D eigenvalue weighted by Crippen LogP contribution is -2.01. The highest BCUT2D eigenvalue weighted by Gasteiger charge is 2.27. The Labute approximate surface area is 293 Å². The second-order valence-electron chi connectivity index (χ2n) is 13.4. The van der Waals surface area contributed by atoms with E-state index < -0.39 is 0 Å². The molecular formula is C46H32N4O. The molecule has 51 heavy (non-hydrogen) atoms. The van der Waals surface area contributed by atoms with E-state index in [2.05, 4.69) is 172 Å². The molecule has 242 valence electrons. The molecule has 0 fully saturated rings. The molecule has 0 bridgehead atoms. The van der Waals surface area contributed by atoms with Gasteiger partial charge in [0.1, 0.15) is 11.4 Å². The van der Waals surface area contributed by atoms with E-state index in [1.165, 1.54) is 32.6 Å². The summed E-state index contributed by atoms with van der Waals surface area (Å²) in [5, 5.41) is 7.03. The lowest BCUT2D eigenvalue weighted by atomic mass is 10.0. The number of para-hydroxylation sites is 6. The van der Waals surface area contributed by atoms with E-state index in [0.717, 1.165) is 79.7 Å². The lowest BCUT2D eigenvalue weighted by molar-refractivity contribution is 0.671. The topological polar surface area (TPSA) is 40.8 Å². The predicted molar refractivity (Wildman–Crippen MR) is 211 cm³/mol. The Morgan fingerprint density at radius 3 is 1.94 bits per heavy atom. The van der Waals surface area contributed by atoms with Crippen LogP contribution in [0, 0.1) is 0 Å². The van der Waals surface area contributed by atoms with Gasteiger partial charge in [-0.2, -0.15) is 0 Å². The smallest absolute Gasteiger partial charge is 0.160 e. The van der Waals surface area contributed by atoms with Crippen molar-refractivity contribution in [3.8, 4) is 22.8 Å². The number of rotatable bonds is 5. The van der Waals surface area contributed by atoms with E-state index in [9.17, 15) is 0 Å². The van der Waals surface area contributed by atoms with Gasteiger partial charge in [-0.1, -0.05) is 104 Å². The maximum atomic E-state index is 6.93. The molecule has 5 nitrogen and oxygen atoms in total. The first kappa shape index (κ1) is 28.3. The summed E-state index contributed by atoms with van der Waals surface area (Å²) in [6.45, 7) is 3.13. The molecule has 4 heterocycles. The van der Waals surface area contributed by atoms with Gasteiger partial charge in [0.05, 0.1) is 33.1 Å². The van der Waals surface area contributed by atoms with Crippen molar-refractivity contribution in [2.24, 2.45) is 0 Å². The number of aromatic nitrogens is 4. The number of aryl methyl sites for hydroxylation is 1. The first-order chi connectivity index (χ1) is 25.3. The van der Waals surface area contributed by atoms with Crippen LogP contribution in [-0.4, -0.2) is 18.7 Å². The first-order valence-corrected chi connectivity index (χ1v) is 17.7. The molecule has 4 aromatic heterocycles. The fraction of sp³-hybridized carbons (Fsp3) is 0.0652. The second-order valence-corrected chi connectivity index (χ2v) is 13.4. The molecule has 0 atom stereocenters. The zero-order valence-corrected chi connectivity index (χ0v) is 28.0. The van der Waals surface area contributed by atoms with Crippen LogP contribution >= 0.6 is 0 Å². The molecule has 0 aliphatic heterocycles. The van der Waals surface area contributed by atoms with Crippen LogP contribution in [0.5, 0.6) is 0 Å². The number of furan rings is 1. The maximum absolute atomic E-state index is 6.93. The molecule has 7 aromatic carbocycles. The largest absolute Gasteiger partial charge is 0.454 e. The minimum Gasteiger partial charge on any atom is -0.454 e. The molecule has 0 unspecified atom stereocenters. The van der Waals surface area contributed by atoms with Crippen LogP contribution in [0.25, 0.3) is 99.3 Å². The van der Waals surface area contributed by atoms with Crippen LogP contribution in [0.1, 0.15) is 13.3 Å². The van der Waals surface area contributed by atoms with Crippen LogP contribution in [0.3, 0.4) is 0 Å². The first-order valence-electron chi connectivity index (χ1n) is 17.7. The Bertz CT molecular complexity index is 3150. The van der Waals surface area contributed by atoms with Gasteiger partial charge in [-0.3, -0.25) is 0 Å². The Hall–Kier alpha value is -6.59. The Morgan fingerprint density at radius 1 is 0.529 bits per heavy atom. The van der Waals surface area contributed by atoms with Gasteiger partial charge in [-0.25, -0.2) is 4.98 Å². The van der Waals surface area contributed by atoms with Crippen molar-refractivity contribution < 1.29 is 4.42 Å². The van der Waals surface area contributed by atoms with Gasteiger partial charge >= 0.3 is 0 Å². The summed E-state index contributed by atoms with van der Waals surface area (Å²) < 4.78 is 14.2. The van der Waals surface area contributed by atoms with Crippen molar-refractivity contribution in [1.82, 2.24) is 18.7 Å². The van der Waals surface area contributed by atoms with E-state index in [4.69, 9.17) is 9.40 Å². The molecule has 0 saturated carbocycles. The van der Waals surface area contributed by atoms with Gasteiger partial charge in [0.25, 0.3) is 0 Å². The van der Waals surface area contributed by atoms with Crippen LogP contribution in [-0.2, 0) is 6.54 Å². The van der Waals surface area contributed by atoms with Crippen molar-refractivity contribution in [2.45, 2.75) is 19.9 Å². The van der Waals surface area contributed by atoms with Gasteiger partial charge in [-0.15, -0.1) is 0 Å². The maximum Gasteiger partial charge on any atom is 0.160 e. The van der Waals surface area contributed by atoms with Gasteiger partial charge in [0.15, 0.2) is 5.58 Å². The zero-order valence-electron chi connectivity index (χ0n) is 28.0. The minimum atomic E-state index is 0.889. The second kappa shape index (κ2) is 10.7. The van der Waals surface area contributed by atoms with Gasteiger partial charge < -0.3 is 18.1 Å². The van der Waals surface area contributed by atoms with Crippen molar-refractivity contribution in [2.75, 3.05) is 0 Å². The van der Waals surface area contributed by atoms with Crippen molar-refractivity contribution in [1.29, 1.82) is 0 Å². The number of fused-ring (bicyclic) bond motifs is 13. The zero-order chi connectivity index (χ0) is 33.6. The molecule has 0 aliphatic rings. The molecule has 0 radical (unpaired) electrons. The number of hydrogen-bond donors (Lipinski definition) is 0. The standard InChI is InChI=1S/C46H32N4O/c1-2-27-48-38-25-12-9-22-35(38)47-46(48)29-15-14-18-31(28-29)50-36-23-10-6-19-32(36)40-41-34-21-8-13-26-39(34)51-45(41)44-42(43(40)50)33-20-7-11-24-37(33)49(44)30-16-4-3-5-17-30/h3-26,28H,2,27H2,1H3. The molecule has 0 spiro atoms. The van der Waals surface area contributed by atoms with Gasteiger partial charge in [0, 0.05) is 55.8 Å². The van der Waals surface area contributed by atoms with Gasteiger partial charge in [0.2, 0.25) is 0 Å². The summed E-state index contributed by atoms with van der Waals surface area (Å²) in [6, 6.07) is 54.1. The highest BCUT2D eigenvalue weighted by Crippen LogP contribution is 2.49. The molecule has 0 amide bonds. The highest BCUT2D eigenvalue weighted by atomic mass is 16.3. The summed E-state index contributed by atoms with van der Waals surface area (Å²) in [6.07, 6.45) is 1.03. The predicted octanol–water partition coefficient (Wildman–Crippen LogP) is 12.2. The third kappa shape index (κ3) is 3.89. The molecule has 0 aliphatic carbocycles. The monoisotopic (exact) mass is 656 g/mol. The summed E-state index contributed by atoms with van der Waals surface area (Å²) in [5.41, 5.74) is 11.8. The third-order valence-electron chi connectivity index (χ3n) is 10.5. The quantitative estimate of drug-likeness (QED) is 0.185. The average Bonchev–Trinajstić information content (AvgIpc) is 3.93. The fourth-order valence-corrected chi connectivity index (χ4v) is 8.53. The summed E-state index contributed by atoms with van der Waals surface area (Å²) in [4.78, 5) is 5.18. The van der Waals surface area contributed by atoms with E-state index in [-0.39, 0.29) is 0 Å². The van der Waals surface area contributed by atoms with Crippen LogP contribution in [0.15, 0.2) is 156 Å². The van der Waals surface area contributed by atoms with Gasteiger partial charge in [-0.05, 0) is 61.0 Å². The summed E-state index contributed by atoms with van der Waals surface area (Å²) in [5.74, 6) is 0.995. The molecular weight excluding hydrogens is 625 g/mol. The Balaban J connectivity index is 1.35. The van der Waals surface area contributed by atoms with Crippen molar-refractivity contribution in [3.63, 3.8) is 0 Å². The molecule has 11 aromatic rings. The van der Waals surface area contributed by atoms with Crippen molar-refractivity contribution in [3.05, 3.63) is 152 Å². The normalized spacial score (nSPS) is 12.2. The van der Waals surface area contributed by atoms with Crippen LogP contribution in [0.2, 0.25) is 0 Å². The number of benzene rings is 7. The van der Waals surface area contributed by atoms with Crippen LogP contribution < -0.4 is 0 Å². The Morgan fingerprint density at radius 2 is 1.16 bits per heavy atom. The molecule has 0 N–H and O–H groups in total. The Kier molecular flexibility index (Phi) is 5.93.